The Morgan fingerprint density at radius 3 is 0.952 bits per heavy atom. The second kappa shape index (κ2) is 60.1. The van der Waals surface area contributed by atoms with Gasteiger partial charge in [0, 0.05) is 13.0 Å². The van der Waals surface area contributed by atoms with E-state index >= 15 is 4.79 Å². The minimum absolute atomic E-state index is 0.128. The van der Waals surface area contributed by atoms with Crippen molar-refractivity contribution in [1.29, 1.82) is 0 Å². The minimum Gasteiger partial charge on any atom is -0.449 e. The molecule has 0 radical (unpaired) electrons. The Kier molecular flexibility index (Phi) is 57.4. The van der Waals surface area contributed by atoms with E-state index in [2.05, 4.69) is 27.7 Å². The van der Waals surface area contributed by atoms with Crippen LogP contribution in [0.2, 0.25) is 0 Å². The Morgan fingerprint density at radius 2 is 0.643 bits per heavy atom. The first kappa shape index (κ1) is 80.2. The van der Waals surface area contributed by atoms with Crippen LogP contribution in [-0.4, -0.2) is 63.7 Å². The number of ether oxygens (including phenoxy) is 2. The quantitative estimate of drug-likeness (QED) is 0.0440. The monoisotopic (exact) mass is 1180 g/mol. The average Bonchev–Trinajstić information content (AvgIpc) is 1.30. The fourth-order valence-electron chi connectivity index (χ4n) is 13.2. The lowest BCUT2D eigenvalue weighted by Crippen LogP contribution is -2.70. The number of unbranched alkanes of at least 4 members (excludes halogenated alkanes) is 52. The molecule has 0 aliphatic carbocycles. The van der Waals surface area contributed by atoms with Crippen LogP contribution in [0.5, 0.6) is 0 Å². The van der Waals surface area contributed by atoms with Gasteiger partial charge in [0.15, 0.2) is 17.0 Å². The fraction of sp³-hybridized carbons (Fsp3) is 0.896. The van der Waals surface area contributed by atoms with Crippen LogP contribution in [0.25, 0.3) is 0 Å². The molecular formula is C77H144O7. The zero-order valence-corrected chi connectivity index (χ0v) is 56.6. The maximum atomic E-state index is 15.9. The van der Waals surface area contributed by atoms with Crippen LogP contribution in [0.3, 0.4) is 0 Å². The van der Waals surface area contributed by atoms with Gasteiger partial charge in [-0.1, -0.05) is 380 Å². The second-order valence-electron chi connectivity index (χ2n) is 26.6. The smallest absolute Gasteiger partial charge is 0.338 e. The van der Waals surface area contributed by atoms with E-state index in [0.29, 0.717) is 31.4 Å². The number of benzene rings is 1. The van der Waals surface area contributed by atoms with E-state index in [4.69, 9.17) is 9.47 Å². The lowest BCUT2D eigenvalue weighted by molar-refractivity contribution is -0.243. The maximum absolute atomic E-state index is 15.9. The van der Waals surface area contributed by atoms with E-state index in [1.165, 1.54) is 263 Å². The van der Waals surface area contributed by atoms with Crippen molar-refractivity contribution in [2.75, 3.05) is 13.2 Å². The molecule has 494 valence electrons. The summed E-state index contributed by atoms with van der Waals surface area (Å²) in [6.45, 7) is 8.68. The number of esters is 1. The van der Waals surface area contributed by atoms with Crippen molar-refractivity contribution in [3.63, 3.8) is 0 Å². The molecule has 1 rings (SSSR count). The summed E-state index contributed by atoms with van der Waals surface area (Å²) < 4.78 is 14.2. The van der Waals surface area contributed by atoms with Gasteiger partial charge >= 0.3 is 5.97 Å². The van der Waals surface area contributed by atoms with Crippen LogP contribution in [0.1, 0.15) is 417 Å². The first-order chi connectivity index (χ1) is 41.3. The zero-order chi connectivity index (χ0) is 61.0. The number of carbonyl (C=O) groups excluding carboxylic acids is 2. The summed E-state index contributed by atoms with van der Waals surface area (Å²) in [7, 11) is 0. The number of aliphatic hydroxyl groups is 3. The molecule has 0 aromatic heterocycles. The number of ketones is 1. The van der Waals surface area contributed by atoms with Gasteiger partial charge in [-0.15, -0.1) is 0 Å². The SMILES string of the molecule is CCCCCCCCCCCCCCCCO[C@@](CCCCCCCCCCCCCCCC)(C(=O)CCCCCCCCCCCCCCCC)[C@@](CCCCCCCCCCCCCCCC)(OC(=O)c1ccccc1)[C@H](O)[C@H](O)CO. The molecule has 0 saturated carbocycles. The third-order valence-electron chi connectivity index (χ3n) is 18.8. The highest BCUT2D eigenvalue weighted by Gasteiger charge is 2.64. The lowest BCUT2D eigenvalue weighted by Gasteiger charge is -2.51. The number of aliphatic hydroxyl groups excluding tert-OH is 3. The Hall–Kier alpha value is -1.80. The van der Waals surface area contributed by atoms with E-state index in [0.717, 1.165) is 77.0 Å². The van der Waals surface area contributed by atoms with Gasteiger partial charge in [0.2, 0.25) is 0 Å². The molecule has 0 aliphatic rings. The molecule has 0 fully saturated rings. The van der Waals surface area contributed by atoms with E-state index < -0.39 is 36.0 Å². The minimum atomic E-state index is -1.93. The fourth-order valence-corrected chi connectivity index (χ4v) is 13.2. The highest BCUT2D eigenvalue weighted by Crippen LogP contribution is 2.46. The van der Waals surface area contributed by atoms with Crippen LogP contribution < -0.4 is 0 Å². The Morgan fingerprint density at radius 1 is 0.369 bits per heavy atom. The molecule has 0 unspecified atom stereocenters. The molecule has 0 spiro atoms. The normalized spacial score (nSPS) is 13.9. The van der Waals surface area contributed by atoms with Gasteiger partial charge in [0.1, 0.15) is 12.2 Å². The number of hydrogen-bond acceptors (Lipinski definition) is 7. The molecule has 3 N–H and O–H groups in total. The summed E-state index contributed by atoms with van der Waals surface area (Å²) in [5.41, 5.74) is -3.32. The molecule has 4 atom stereocenters. The van der Waals surface area contributed by atoms with Gasteiger partial charge in [-0.05, 0) is 50.7 Å². The largest absolute Gasteiger partial charge is 0.449 e. The standard InChI is InChI=1S/C77H144O7/c1-5-9-13-17-21-25-29-33-37-41-45-49-53-60-66-73(80)76(67-61-54-50-46-42-38-34-30-26-22-18-14-10-6-2,83-69-63-56-52-48-44-40-36-32-28-24-20-16-12-8-4)77(74(81)72(79)70-78,84-75(82)71-64-58-57-59-65-71)68-62-55-51-47-43-39-35-31-27-23-19-15-11-7-3/h57-59,64-65,72,74,78-79,81H,5-56,60-63,66-70H2,1-4H3/t72-,74-,76+,77+/m1/s1. The van der Waals surface area contributed by atoms with Gasteiger partial charge in [0.25, 0.3) is 0 Å². The second-order valence-corrected chi connectivity index (χ2v) is 26.6. The molecular weight excluding hydrogens is 1040 g/mol. The van der Waals surface area contributed by atoms with Gasteiger partial charge in [-0.25, -0.2) is 4.79 Å². The molecule has 84 heavy (non-hydrogen) atoms. The first-order valence-electron chi connectivity index (χ1n) is 37.7. The van der Waals surface area contributed by atoms with Crippen molar-refractivity contribution in [1.82, 2.24) is 0 Å². The highest BCUT2D eigenvalue weighted by molar-refractivity contribution is 5.92. The van der Waals surface area contributed by atoms with Crippen molar-refractivity contribution < 1.29 is 34.4 Å². The summed E-state index contributed by atoms with van der Waals surface area (Å²) in [6.07, 6.45) is 65.1. The summed E-state index contributed by atoms with van der Waals surface area (Å²) in [6, 6.07) is 8.91. The van der Waals surface area contributed by atoms with Gasteiger partial charge in [-0.2, -0.15) is 0 Å². The lowest BCUT2D eigenvalue weighted by atomic mass is 9.67. The topological polar surface area (TPSA) is 113 Å². The maximum Gasteiger partial charge on any atom is 0.338 e. The van der Waals surface area contributed by atoms with Crippen molar-refractivity contribution >= 4 is 11.8 Å². The predicted molar refractivity (Wildman–Crippen MR) is 362 cm³/mol. The Balaban J connectivity index is 3.48. The van der Waals surface area contributed by atoms with Gasteiger partial charge in [0.05, 0.1) is 12.2 Å². The van der Waals surface area contributed by atoms with Crippen LogP contribution in [0.15, 0.2) is 30.3 Å². The van der Waals surface area contributed by atoms with E-state index in [1.807, 2.05) is 6.07 Å². The van der Waals surface area contributed by atoms with E-state index in [1.54, 1.807) is 24.3 Å². The van der Waals surface area contributed by atoms with Crippen LogP contribution in [-0.2, 0) is 14.3 Å². The third-order valence-corrected chi connectivity index (χ3v) is 18.8. The average molecular weight is 1180 g/mol. The van der Waals surface area contributed by atoms with Crippen molar-refractivity contribution in [3.05, 3.63) is 35.9 Å². The molecule has 0 saturated heterocycles. The number of Topliss-reactive ketones (excluding diaryl/α,β-unsaturated/α-hetero) is 1. The van der Waals surface area contributed by atoms with Crippen LogP contribution in [0, 0.1) is 0 Å². The van der Waals surface area contributed by atoms with Crippen LogP contribution >= 0.6 is 0 Å². The highest BCUT2D eigenvalue weighted by atomic mass is 16.6. The molecule has 7 nitrogen and oxygen atoms in total. The summed E-state index contributed by atoms with van der Waals surface area (Å²) >= 11 is 0. The number of rotatable bonds is 68. The molecule has 1 aromatic rings. The third kappa shape index (κ3) is 41.4. The summed E-state index contributed by atoms with van der Waals surface area (Å²) in [5.74, 6) is -0.767. The number of carbonyl (C=O) groups is 2. The molecule has 0 aliphatic heterocycles. The van der Waals surface area contributed by atoms with Gasteiger partial charge in [-0.3, -0.25) is 4.79 Å². The number of hydrogen-bond donors (Lipinski definition) is 3. The zero-order valence-electron chi connectivity index (χ0n) is 56.6. The molecule has 7 heteroatoms. The molecule has 1 aromatic carbocycles. The molecule has 0 heterocycles. The van der Waals surface area contributed by atoms with E-state index in [9.17, 15) is 20.1 Å². The predicted octanol–water partition coefficient (Wildman–Crippen LogP) is 23.7. The van der Waals surface area contributed by atoms with Crippen LogP contribution in [0.4, 0.5) is 0 Å². The summed E-state index contributed by atoms with van der Waals surface area (Å²) in [4.78, 5) is 30.6. The van der Waals surface area contributed by atoms with Crippen molar-refractivity contribution in [2.45, 2.75) is 430 Å². The molecule has 0 amide bonds. The Bertz CT molecular complexity index is 1520. The summed E-state index contributed by atoms with van der Waals surface area (Å²) in [5, 5.41) is 35.3. The Labute approximate surface area is 522 Å². The first-order valence-corrected chi connectivity index (χ1v) is 37.7. The van der Waals surface area contributed by atoms with Crippen molar-refractivity contribution in [2.24, 2.45) is 0 Å². The van der Waals surface area contributed by atoms with E-state index in [-0.39, 0.29) is 25.0 Å². The van der Waals surface area contributed by atoms with Crippen molar-refractivity contribution in [3.8, 4) is 0 Å². The van der Waals surface area contributed by atoms with Gasteiger partial charge < -0.3 is 24.8 Å². The molecule has 0 bridgehead atoms.